The summed E-state index contributed by atoms with van der Waals surface area (Å²) in [6.07, 6.45) is 4.85. The topological polar surface area (TPSA) is 44.8 Å². The van der Waals surface area contributed by atoms with Gasteiger partial charge in [0.15, 0.2) is 17.3 Å². The maximum Gasteiger partial charge on any atom is 0.204 e. The number of hydrogen-bond donors (Lipinski definition) is 0. The zero-order valence-electron chi connectivity index (χ0n) is 12.8. The molecular weight excluding hydrogens is 256 g/mol. The van der Waals surface area contributed by atoms with Gasteiger partial charge in [0, 0.05) is 6.42 Å². The molecule has 1 aromatic rings. The van der Waals surface area contributed by atoms with E-state index in [2.05, 4.69) is 6.92 Å². The van der Waals surface area contributed by atoms with Gasteiger partial charge in [0.25, 0.3) is 0 Å². The monoisotopic (exact) mass is 280 g/mol. The average Bonchev–Trinajstić information content (AvgIpc) is 2.49. The van der Waals surface area contributed by atoms with Gasteiger partial charge in [0.1, 0.15) is 0 Å². The quantitative estimate of drug-likeness (QED) is 0.509. The van der Waals surface area contributed by atoms with Crippen molar-refractivity contribution in [3.05, 3.63) is 17.7 Å². The molecule has 0 aliphatic rings. The third kappa shape index (κ3) is 3.89. The fourth-order valence-corrected chi connectivity index (χ4v) is 2.17. The van der Waals surface area contributed by atoms with Crippen molar-refractivity contribution in [3.63, 3.8) is 0 Å². The summed E-state index contributed by atoms with van der Waals surface area (Å²) in [5.74, 6) is 1.56. The summed E-state index contributed by atoms with van der Waals surface area (Å²) in [5, 5.41) is 0. The van der Waals surface area contributed by atoms with Crippen LogP contribution in [0.25, 0.3) is 0 Å². The van der Waals surface area contributed by atoms with E-state index in [9.17, 15) is 4.79 Å². The predicted molar refractivity (Wildman–Crippen MR) is 79.2 cm³/mol. The van der Waals surface area contributed by atoms with Gasteiger partial charge >= 0.3 is 0 Å². The lowest BCUT2D eigenvalue weighted by molar-refractivity contribution is 0.0975. The van der Waals surface area contributed by atoms with Crippen LogP contribution in [-0.2, 0) is 0 Å². The largest absolute Gasteiger partial charge is 0.493 e. The first kappa shape index (κ1) is 16.3. The molecule has 0 saturated carbocycles. The van der Waals surface area contributed by atoms with Gasteiger partial charge in [0.2, 0.25) is 5.75 Å². The summed E-state index contributed by atoms with van der Waals surface area (Å²) in [6.45, 7) is 2.15. The van der Waals surface area contributed by atoms with E-state index in [0.717, 1.165) is 25.7 Å². The molecule has 1 aromatic carbocycles. The minimum Gasteiger partial charge on any atom is -0.493 e. The molecule has 0 spiro atoms. The summed E-state index contributed by atoms with van der Waals surface area (Å²) in [6, 6.07) is 3.48. The Hall–Kier alpha value is -1.71. The molecule has 0 radical (unpaired) electrons. The number of hydrogen-bond acceptors (Lipinski definition) is 4. The predicted octanol–water partition coefficient (Wildman–Crippen LogP) is 3.87. The van der Waals surface area contributed by atoms with Crippen molar-refractivity contribution < 1.29 is 19.0 Å². The van der Waals surface area contributed by atoms with Crippen LogP contribution in [0.15, 0.2) is 12.1 Å². The molecule has 1 rings (SSSR count). The zero-order chi connectivity index (χ0) is 15.0. The first-order chi connectivity index (χ1) is 9.69. The maximum atomic E-state index is 12.3. The summed E-state index contributed by atoms with van der Waals surface area (Å²) < 4.78 is 15.8. The highest BCUT2D eigenvalue weighted by Crippen LogP contribution is 2.40. The Morgan fingerprint density at radius 3 is 2.20 bits per heavy atom. The minimum absolute atomic E-state index is 0.0823. The zero-order valence-corrected chi connectivity index (χ0v) is 12.8. The van der Waals surface area contributed by atoms with Gasteiger partial charge in [-0.05, 0) is 18.6 Å². The number of carbonyl (C=O) groups is 1. The van der Waals surface area contributed by atoms with Gasteiger partial charge < -0.3 is 14.2 Å². The third-order valence-electron chi connectivity index (χ3n) is 3.26. The molecule has 0 fully saturated rings. The van der Waals surface area contributed by atoms with Crippen LogP contribution in [0.1, 0.15) is 49.4 Å². The Balaban J connectivity index is 2.91. The van der Waals surface area contributed by atoms with E-state index in [1.807, 2.05) is 0 Å². The van der Waals surface area contributed by atoms with E-state index >= 15 is 0 Å². The highest BCUT2D eigenvalue weighted by atomic mass is 16.5. The first-order valence-corrected chi connectivity index (χ1v) is 7.01. The number of unbranched alkanes of at least 4 members (excludes halogenated alkanes) is 3. The number of benzene rings is 1. The van der Waals surface area contributed by atoms with E-state index < -0.39 is 0 Å². The molecule has 0 aliphatic carbocycles. The molecule has 4 nitrogen and oxygen atoms in total. The minimum atomic E-state index is 0.0823. The molecule has 0 aliphatic heterocycles. The average molecular weight is 280 g/mol. The fourth-order valence-electron chi connectivity index (χ4n) is 2.17. The van der Waals surface area contributed by atoms with Gasteiger partial charge in [-0.1, -0.05) is 26.2 Å². The summed E-state index contributed by atoms with van der Waals surface area (Å²) in [7, 11) is 4.63. The van der Waals surface area contributed by atoms with Crippen molar-refractivity contribution in [2.24, 2.45) is 0 Å². The number of carbonyl (C=O) groups excluding carboxylic acids is 1. The van der Waals surface area contributed by atoms with Crippen LogP contribution in [0, 0.1) is 0 Å². The molecule has 20 heavy (non-hydrogen) atoms. The van der Waals surface area contributed by atoms with Crippen molar-refractivity contribution in [1.29, 1.82) is 0 Å². The van der Waals surface area contributed by atoms with E-state index in [4.69, 9.17) is 14.2 Å². The SMILES string of the molecule is CCCCCCC(=O)c1ccc(OC)c(OC)c1OC. The van der Waals surface area contributed by atoms with Crippen molar-refractivity contribution in [2.75, 3.05) is 21.3 Å². The first-order valence-electron chi connectivity index (χ1n) is 7.01. The molecule has 112 valence electrons. The molecule has 0 heterocycles. The Morgan fingerprint density at radius 1 is 0.950 bits per heavy atom. The second-order valence-corrected chi connectivity index (χ2v) is 4.62. The van der Waals surface area contributed by atoms with E-state index in [1.165, 1.54) is 14.2 Å². The second kappa shape index (κ2) is 8.46. The number of Topliss-reactive ketones (excluding diaryl/α,β-unsaturated/α-hetero) is 1. The Labute approximate surface area is 121 Å². The van der Waals surface area contributed by atoms with Gasteiger partial charge in [-0.25, -0.2) is 0 Å². The molecule has 0 N–H and O–H groups in total. The number of ether oxygens (including phenoxy) is 3. The van der Waals surface area contributed by atoms with Gasteiger partial charge in [-0.3, -0.25) is 4.79 Å². The summed E-state index contributed by atoms with van der Waals surface area (Å²) in [4.78, 5) is 12.3. The molecule has 0 unspecified atom stereocenters. The van der Waals surface area contributed by atoms with Crippen LogP contribution in [0.4, 0.5) is 0 Å². The Bertz CT molecular complexity index is 440. The smallest absolute Gasteiger partial charge is 0.204 e. The van der Waals surface area contributed by atoms with Crippen molar-refractivity contribution in [1.82, 2.24) is 0 Å². The Morgan fingerprint density at radius 2 is 1.65 bits per heavy atom. The summed E-state index contributed by atoms with van der Waals surface area (Å²) >= 11 is 0. The van der Waals surface area contributed by atoms with Crippen LogP contribution in [0.5, 0.6) is 17.2 Å². The number of ketones is 1. The Kier molecular flexibility index (Phi) is 6.91. The van der Waals surface area contributed by atoms with Crippen LogP contribution in [0.3, 0.4) is 0 Å². The fraction of sp³-hybridized carbons (Fsp3) is 0.562. The molecule has 0 aromatic heterocycles. The molecule has 0 amide bonds. The standard InChI is InChI=1S/C16H24O4/c1-5-6-7-8-9-13(17)12-10-11-14(18-2)16(20-4)15(12)19-3/h10-11H,5-9H2,1-4H3. The lowest BCUT2D eigenvalue weighted by atomic mass is 10.0. The van der Waals surface area contributed by atoms with E-state index in [1.54, 1.807) is 19.2 Å². The van der Waals surface area contributed by atoms with Crippen molar-refractivity contribution in [3.8, 4) is 17.2 Å². The van der Waals surface area contributed by atoms with Crippen LogP contribution >= 0.6 is 0 Å². The molecule has 0 saturated heterocycles. The van der Waals surface area contributed by atoms with Crippen LogP contribution in [0.2, 0.25) is 0 Å². The second-order valence-electron chi connectivity index (χ2n) is 4.62. The van der Waals surface area contributed by atoms with E-state index in [0.29, 0.717) is 29.2 Å². The number of methoxy groups -OCH3 is 3. The highest BCUT2D eigenvalue weighted by Gasteiger charge is 2.20. The van der Waals surface area contributed by atoms with Crippen molar-refractivity contribution in [2.45, 2.75) is 39.0 Å². The molecular formula is C16H24O4. The normalized spacial score (nSPS) is 10.2. The number of rotatable bonds is 9. The maximum absolute atomic E-state index is 12.3. The summed E-state index contributed by atoms with van der Waals surface area (Å²) in [5.41, 5.74) is 0.557. The molecule has 4 heteroatoms. The lowest BCUT2D eigenvalue weighted by Crippen LogP contribution is -2.05. The third-order valence-corrected chi connectivity index (χ3v) is 3.26. The molecule has 0 atom stereocenters. The molecule has 0 bridgehead atoms. The van der Waals surface area contributed by atoms with Crippen LogP contribution in [-0.4, -0.2) is 27.1 Å². The van der Waals surface area contributed by atoms with Gasteiger partial charge in [-0.15, -0.1) is 0 Å². The van der Waals surface area contributed by atoms with Crippen LogP contribution < -0.4 is 14.2 Å². The van der Waals surface area contributed by atoms with Crippen molar-refractivity contribution >= 4 is 5.78 Å². The van der Waals surface area contributed by atoms with Gasteiger partial charge in [0.05, 0.1) is 26.9 Å². The highest BCUT2D eigenvalue weighted by molar-refractivity contribution is 5.99. The van der Waals surface area contributed by atoms with Gasteiger partial charge in [-0.2, -0.15) is 0 Å². The lowest BCUT2D eigenvalue weighted by Gasteiger charge is -2.15. The van der Waals surface area contributed by atoms with E-state index in [-0.39, 0.29) is 5.78 Å².